The summed E-state index contributed by atoms with van der Waals surface area (Å²) in [6.45, 7) is 3.36. The zero-order chi connectivity index (χ0) is 27.6. The number of nitrogens with one attached hydrogen (secondary N) is 2. The highest BCUT2D eigenvalue weighted by molar-refractivity contribution is 7.89. The van der Waals surface area contributed by atoms with Crippen LogP contribution >= 0.6 is 11.3 Å². The summed E-state index contributed by atoms with van der Waals surface area (Å²) in [6, 6.07) is 10.0. The number of amides is 1. The lowest BCUT2D eigenvalue weighted by Gasteiger charge is -2.34. The number of aromatic nitrogens is 1. The number of sulfonamides is 1. The molecule has 0 bridgehead atoms. The van der Waals surface area contributed by atoms with Crippen LogP contribution in [0.4, 0.5) is 10.1 Å². The van der Waals surface area contributed by atoms with Gasteiger partial charge in [-0.25, -0.2) is 13.4 Å². The predicted octanol–water partition coefficient (Wildman–Crippen LogP) is 4.40. The molecule has 1 saturated heterocycles. The average Bonchev–Trinajstić information content (AvgIpc) is 3.34. The molecular weight excluding hydrogens is 539 g/mol. The Kier molecular flexibility index (Phi) is 8.39. The Bertz CT molecular complexity index is 1400. The Morgan fingerprint density at radius 3 is 2.77 bits per heavy atom. The van der Waals surface area contributed by atoms with Crippen molar-refractivity contribution in [3.05, 3.63) is 47.0 Å². The molecule has 2 aliphatic heterocycles. The molecule has 5 rings (SSSR count). The van der Waals surface area contributed by atoms with Crippen LogP contribution in [-0.2, 0) is 27.7 Å². The highest BCUT2D eigenvalue weighted by Crippen LogP contribution is 2.35. The van der Waals surface area contributed by atoms with Crippen molar-refractivity contribution in [1.29, 1.82) is 0 Å². The van der Waals surface area contributed by atoms with Crippen LogP contribution in [-0.4, -0.2) is 63.7 Å². The number of ether oxygens (including phenoxy) is 1. The van der Waals surface area contributed by atoms with Crippen molar-refractivity contribution >= 4 is 43.2 Å². The molecule has 39 heavy (non-hydrogen) atoms. The first-order valence-electron chi connectivity index (χ1n) is 13.4. The van der Waals surface area contributed by atoms with Crippen molar-refractivity contribution in [3.63, 3.8) is 0 Å². The number of methoxy groups -OCH3 is 1. The third-order valence-corrected chi connectivity index (χ3v) is 10.2. The molecule has 3 heterocycles. The van der Waals surface area contributed by atoms with Crippen LogP contribution in [0.3, 0.4) is 0 Å². The van der Waals surface area contributed by atoms with E-state index in [-0.39, 0.29) is 29.8 Å². The van der Waals surface area contributed by atoms with Gasteiger partial charge in [0.25, 0.3) is 0 Å². The Labute approximate surface area is 233 Å². The number of thiazole rings is 1. The first-order valence-corrected chi connectivity index (χ1v) is 15.7. The first-order chi connectivity index (χ1) is 18.8. The smallest absolute Gasteiger partial charge is 0.243 e. The van der Waals surface area contributed by atoms with Crippen LogP contribution < -0.4 is 14.8 Å². The molecule has 0 radical (unpaired) electrons. The Morgan fingerprint density at radius 2 is 2.05 bits per heavy atom. The van der Waals surface area contributed by atoms with Gasteiger partial charge in [0.2, 0.25) is 15.9 Å². The zero-order valence-corrected chi connectivity index (χ0v) is 23.9. The molecule has 0 aliphatic carbocycles. The molecule has 1 fully saturated rings. The molecule has 2 aromatic carbocycles. The lowest BCUT2D eigenvalue weighted by atomic mass is 9.93. The average molecular weight is 575 g/mol. The van der Waals surface area contributed by atoms with E-state index in [4.69, 9.17) is 4.74 Å². The van der Waals surface area contributed by atoms with E-state index in [1.54, 1.807) is 4.90 Å². The summed E-state index contributed by atoms with van der Waals surface area (Å²) in [5, 5.41) is 3.96. The Morgan fingerprint density at radius 1 is 1.28 bits per heavy atom. The SMILES string of the molecule is COc1cc2c(c(S(=O)(=O)N[C@@H](Cc3nc4ccccc4s3)C(=O)N3CCC(CCF)CC3)c1)NCC(C)C2. The van der Waals surface area contributed by atoms with Crippen molar-refractivity contribution in [3.8, 4) is 5.75 Å². The van der Waals surface area contributed by atoms with Gasteiger partial charge in [-0.05, 0) is 61.3 Å². The normalized spacial score (nSPS) is 18.9. The molecule has 8 nitrogen and oxygen atoms in total. The number of piperidine rings is 1. The minimum atomic E-state index is -4.12. The highest BCUT2D eigenvalue weighted by Gasteiger charge is 2.34. The zero-order valence-electron chi connectivity index (χ0n) is 22.3. The van der Waals surface area contributed by atoms with Crippen molar-refractivity contribution in [1.82, 2.24) is 14.6 Å². The fourth-order valence-electron chi connectivity index (χ4n) is 5.49. The topological polar surface area (TPSA) is 101 Å². The highest BCUT2D eigenvalue weighted by atomic mass is 32.2. The van der Waals surface area contributed by atoms with Gasteiger partial charge >= 0.3 is 0 Å². The van der Waals surface area contributed by atoms with E-state index in [2.05, 4.69) is 21.9 Å². The van der Waals surface area contributed by atoms with E-state index in [0.717, 1.165) is 22.2 Å². The summed E-state index contributed by atoms with van der Waals surface area (Å²) in [5.74, 6) is 0.765. The van der Waals surface area contributed by atoms with Crippen LogP contribution in [0, 0.1) is 11.8 Å². The maximum atomic E-state index is 13.9. The number of carbonyl (C=O) groups excluding carboxylic acids is 1. The van der Waals surface area contributed by atoms with E-state index in [9.17, 15) is 17.6 Å². The number of hydrogen-bond donors (Lipinski definition) is 2. The second kappa shape index (κ2) is 11.8. The Hall–Kier alpha value is -2.76. The second-order valence-corrected chi connectivity index (χ2v) is 13.3. The van der Waals surface area contributed by atoms with Crippen molar-refractivity contribution in [2.75, 3.05) is 38.7 Å². The third-order valence-electron chi connectivity index (χ3n) is 7.63. The van der Waals surface area contributed by atoms with Crippen molar-refractivity contribution < 1.29 is 22.3 Å². The summed E-state index contributed by atoms with van der Waals surface area (Å²) in [7, 11) is -2.61. The number of benzene rings is 2. The number of rotatable bonds is 9. The molecule has 210 valence electrons. The summed E-state index contributed by atoms with van der Waals surface area (Å²) in [6.07, 6.45) is 2.78. The molecule has 2 aliphatic rings. The van der Waals surface area contributed by atoms with Gasteiger partial charge in [-0.2, -0.15) is 4.72 Å². The standard InChI is InChI=1S/C28H35FN4O4S2/c1-18-13-20-14-21(37-2)15-25(27(20)30-17-18)39(35,36)32-23(16-26-31-22-5-3-4-6-24(22)38-26)28(34)33-11-8-19(7-10-29)9-12-33/h3-6,14-15,18-19,23,30,32H,7-13,16-17H2,1-2H3/t18?,23-/m0/s1. The number of carbonyl (C=O) groups is 1. The molecule has 1 aromatic heterocycles. The second-order valence-electron chi connectivity index (χ2n) is 10.5. The van der Waals surface area contributed by atoms with Crippen LogP contribution in [0.15, 0.2) is 41.3 Å². The van der Waals surface area contributed by atoms with Gasteiger partial charge in [-0.1, -0.05) is 19.1 Å². The fourth-order valence-corrected chi connectivity index (χ4v) is 7.93. The molecule has 11 heteroatoms. The van der Waals surface area contributed by atoms with Crippen LogP contribution in [0.1, 0.15) is 36.8 Å². The number of halogens is 1. The van der Waals surface area contributed by atoms with E-state index in [1.165, 1.54) is 24.5 Å². The first kappa shape index (κ1) is 27.8. The Balaban J connectivity index is 1.46. The molecule has 0 spiro atoms. The van der Waals surface area contributed by atoms with Crippen molar-refractivity contribution in [2.24, 2.45) is 11.8 Å². The maximum absolute atomic E-state index is 13.9. The van der Waals surface area contributed by atoms with Gasteiger partial charge < -0.3 is 15.0 Å². The monoisotopic (exact) mass is 574 g/mol. The number of para-hydroxylation sites is 1. The summed E-state index contributed by atoms with van der Waals surface area (Å²) in [5.41, 5.74) is 2.25. The van der Waals surface area contributed by atoms with E-state index in [0.29, 0.717) is 61.3 Å². The number of anilines is 1. The number of likely N-dealkylation sites (tertiary alicyclic amines) is 1. The maximum Gasteiger partial charge on any atom is 0.243 e. The van der Waals surface area contributed by atoms with Gasteiger partial charge in [-0.15, -0.1) is 11.3 Å². The van der Waals surface area contributed by atoms with Gasteiger partial charge in [0.1, 0.15) is 16.7 Å². The van der Waals surface area contributed by atoms with Crippen LogP contribution in [0.25, 0.3) is 10.2 Å². The third kappa shape index (κ3) is 6.20. The van der Waals surface area contributed by atoms with E-state index >= 15 is 0 Å². The van der Waals surface area contributed by atoms with E-state index in [1.807, 2.05) is 30.3 Å². The largest absolute Gasteiger partial charge is 0.497 e. The molecule has 3 aromatic rings. The molecule has 0 saturated carbocycles. The number of alkyl halides is 1. The molecule has 2 atom stereocenters. The minimum absolute atomic E-state index is 0.0764. The number of hydrogen-bond acceptors (Lipinski definition) is 7. The van der Waals surface area contributed by atoms with E-state index < -0.39 is 16.1 Å². The van der Waals surface area contributed by atoms with Gasteiger partial charge in [-0.3, -0.25) is 9.18 Å². The molecule has 1 amide bonds. The molecule has 1 unspecified atom stereocenters. The molecule has 2 N–H and O–H groups in total. The molecular formula is C28H35FN4O4S2. The quantitative estimate of drug-likeness (QED) is 0.393. The fraction of sp³-hybridized carbons (Fsp3) is 0.500. The summed E-state index contributed by atoms with van der Waals surface area (Å²) >= 11 is 1.46. The van der Waals surface area contributed by atoms with Gasteiger partial charge in [0.15, 0.2) is 0 Å². The van der Waals surface area contributed by atoms with Gasteiger partial charge in [0.05, 0.1) is 34.7 Å². The lowest BCUT2D eigenvalue weighted by molar-refractivity contribution is -0.134. The predicted molar refractivity (Wildman–Crippen MR) is 152 cm³/mol. The van der Waals surface area contributed by atoms with Crippen LogP contribution in [0.2, 0.25) is 0 Å². The van der Waals surface area contributed by atoms with Crippen LogP contribution in [0.5, 0.6) is 5.75 Å². The number of fused-ring (bicyclic) bond motifs is 2. The summed E-state index contributed by atoms with van der Waals surface area (Å²) in [4.78, 5) is 20.3. The van der Waals surface area contributed by atoms with Gasteiger partial charge in [0, 0.05) is 32.1 Å². The number of nitrogens with zero attached hydrogens (tertiary/aromatic N) is 2. The lowest BCUT2D eigenvalue weighted by Crippen LogP contribution is -2.51. The summed E-state index contributed by atoms with van der Waals surface area (Å²) < 4.78 is 49.8. The minimum Gasteiger partial charge on any atom is -0.497 e. The van der Waals surface area contributed by atoms with Crippen molar-refractivity contribution in [2.45, 2.75) is 50.0 Å².